The summed E-state index contributed by atoms with van der Waals surface area (Å²) in [6, 6.07) is 0. The standard InChI is InChI=1S/C9H14N2O2S/c1-9(2,3)14-8-10-7(13-6-12)5-11(8)4/h5-6H,1-4H3. The van der Waals surface area contributed by atoms with E-state index in [1.807, 2.05) is 11.6 Å². The SMILES string of the molecule is Cn1cc(OC=O)nc1SC(C)(C)C. The van der Waals surface area contributed by atoms with Crippen LogP contribution >= 0.6 is 11.8 Å². The van der Waals surface area contributed by atoms with E-state index in [2.05, 4.69) is 30.5 Å². The summed E-state index contributed by atoms with van der Waals surface area (Å²) in [6.07, 6.45) is 1.68. The van der Waals surface area contributed by atoms with Gasteiger partial charge in [0.15, 0.2) is 5.16 Å². The van der Waals surface area contributed by atoms with Crippen LogP contribution in [-0.4, -0.2) is 20.8 Å². The summed E-state index contributed by atoms with van der Waals surface area (Å²) < 4.78 is 6.59. The Bertz CT molecular complexity index is 328. The van der Waals surface area contributed by atoms with Crippen molar-refractivity contribution >= 4 is 18.2 Å². The van der Waals surface area contributed by atoms with E-state index in [1.54, 1.807) is 18.0 Å². The molecule has 0 aromatic carbocycles. The van der Waals surface area contributed by atoms with Gasteiger partial charge in [-0.3, -0.25) is 4.79 Å². The van der Waals surface area contributed by atoms with Crippen molar-refractivity contribution in [1.29, 1.82) is 0 Å². The first-order chi connectivity index (χ1) is 6.42. The third-order valence-corrected chi connectivity index (χ3v) is 2.55. The van der Waals surface area contributed by atoms with E-state index in [4.69, 9.17) is 0 Å². The highest BCUT2D eigenvalue weighted by molar-refractivity contribution is 8.00. The average Bonchev–Trinajstić information content (AvgIpc) is 2.29. The van der Waals surface area contributed by atoms with Crippen LogP contribution in [0, 0.1) is 0 Å². The molecule has 0 N–H and O–H groups in total. The van der Waals surface area contributed by atoms with Crippen LogP contribution < -0.4 is 4.74 Å². The minimum absolute atomic E-state index is 0.0948. The molecule has 0 aliphatic rings. The molecule has 0 unspecified atom stereocenters. The molecule has 0 atom stereocenters. The van der Waals surface area contributed by atoms with Crippen LogP contribution in [0.2, 0.25) is 0 Å². The number of rotatable bonds is 3. The van der Waals surface area contributed by atoms with E-state index >= 15 is 0 Å². The highest BCUT2D eigenvalue weighted by atomic mass is 32.2. The lowest BCUT2D eigenvalue weighted by Gasteiger charge is -2.16. The zero-order valence-electron chi connectivity index (χ0n) is 8.77. The number of hydrogen-bond donors (Lipinski definition) is 0. The maximum atomic E-state index is 10.1. The fourth-order valence-electron chi connectivity index (χ4n) is 0.898. The van der Waals surface area contributed by atoms with Gasteiger partial charge in [0.05, 0.1) is 6.20 Å². The molecular weight excluding hydrogens is 200 g/mol. The minimum atomic E-state index is 0.0948. The maximum Gasteiger partial charge on any atom is 0.299 e. The van der Waals surface area contributed by atoms with Crippen LogP contribution in [0.15, 0.2) is 11.4 Å². The molecule has 1 aromatic rings. The third-order valence-electron chi connectivity index (χ3n) is 1.38. The molecule has 14 heavy (non-hydrogen) atoms. The molecule has 0 amide bonds. The molecule has 0 spiro atoms. The fraction of sp³-hybridized carbons (Fsp3) is 0.556. The first-order valence-corrected chi connectivity index (χ1v) is 5.07. The Balaban J connectivity index is 2.82. The third kappa shape index (κ3) is 3.06. The Kier molecular flexibility index (Phi) is 3.21. The summed E-state index contributed by atoms with van der Waals surface area (Å²) >= 11 is 1.63. The average molecular weight is 214 g/mol. The van der Waals surface area contributed by atoms with E-state index in [-0.39, 0.29) is 4.75 Å². The number of thioether (sulfide) groups is 1. The van der Waals surface area contributed by atoms with Crippen LogP contribution in [0.3, 0.4) is 0 Å². The predicted molar refractivity (Wildman–Crippen MR) is 55.5 cm³/mol. The molecule has 5 heteroatoms. The molecule has 0 bridgehead atoms. The number of nitrogens with zero attached hydrogens (tertiary/aromatic N) is 2. The van der Waals surface area contributed by atoms with Gasteiger partial charge in [-0.25, -0.2) is 0 Å². The molecule has 0 aliphatic carbocycles. The summed E-state index contributed by atoms with van der Waals surface area (Å²) in [5.74, 6) is 0.342. The largest absolute Gasteiger partial charge is 0.408 e. The lowest BCUT2D eigenvalue weighted by atomic mass is 10.3. The van der Waals surface area contributed by atoms with Gasteiger partial charge in [0.1, 0.15) is 0 Å². The molecule has 0 fully saturated rings. The smallest absolute Gasteiger partial charge is 0.299 e. The van der Waals surface area contributed by atoms with Crippen molar-refractivity contribution in [1.82, 2.24) is 9.55 Å². The van der Waals surface area contributed by atoms with Crippen LogP contribution in [-0.2, 0) is 11.8 Å². The van der Waals surface area contributed by atoms with E-state index in [0.29, 0.717) is 12.4 Å². The second kappa shape index (κ2) is 4.04. The van der Waals surface area contributed by atoms with Crippen molar-refractivity contribution in [3.63, 3.8) is 0 Å². The molecule has 0 saturated carbocycles. The molecule has 0 aliphatic heterocycles. The summed E-state index contributed by atoms with van der Waals surface area (Å²) in [7, 11) is 1.87. The summed E-state index contributed by atoms with van der Waals surface area (Å²) in [5.41, 5.74) is 0. The van der Waals surface area contributed by atoms with Crippen molar-refractivity contribution in [2.45, 2.75) is 30.7 Å². The molecular formula is C9H14N2O2S. The monoisotopic (exact) mass is 214 g/mol. The first-order valence-electron chi connectivity index (χ1n) is 4.25. The molecule has 0 saturated heterocycles. The minimum Gasteiger partial charge on any atom is -0.408 e. The Hall–Kier alpha value is -0.970. The van der Waals surface area contributed by atoms with Crippen molar-refractivity contribution in [3.05, 3.63) is 6.20 Å². The second-order valence-electron chi connectivity index (χ2n) is 3.90. The Morgan fingerprint density at radius 3 is 2.71 bits per heavy atom. The number of aromatic nitrogens is 2. The number of hydrogen-bond acceptors (Lipinski definition) is 4. The van der Waals surface area contributed by atoms with Gasteiger partial charge in [-0.05, 0) is 0 Å². The summed E-state index contributed by atoms with van der Waals surface area (Å²) in [6.45, 7) is 6.69. The van der Waals surface area contributed by atoms with Gasteiger partial charge < -0.3 is 9.30 Å². The van der Waals surface area contributed by atoms with E-state index in [0.717, 1.165) is 5.16 Å². The van der Waals surface area contributed by atoms with E-state index in [9.17, 15) is 4.79 Å². The van der Waals surface area contributed by atoms with Gasteiger partial charge in [0.25, 0.3) is 6.47 Å². The quantitative estimate of drug-likeness (QED) is 0.569. The highest BCUT2D eigenvalue weighted by Gasteiger charge is 2.16. The molecule has 78 valence electrons. The van der Waals surface area contributed by atoms with Gasteiger partial charge in [-0.1, -0.05) is 32.5 Å². The van der Waals surface area contributed by atoms with Gasteiger partial charge in [-0.2, -0.15) is 4.98 Å². The topological polar surface area (TPSA) is 44.1 Å². The lowest BCUT2D eigenvalue weighted by molar-refractivity contribution is -0.120. The molecule has 1 aromatic heterocycles. The number of ether oxygens (including phenoxy) is 1. The van der Waals surface area contributed by atoms with Crippen LogP contribution in [0.5, 0.6) is 5.88 Å². The Morgan fingerprint density at radius 2 is 2.21 bits per heavy atom. The lowest BCUT2D eigenvalue weighted by Crippen LogP contribution is -2.08. The second-order valence-corrected chi connectivity index (χ2v) is 5.70. The van der Waals surface area contributed by atoms with Gasteiger partial charge in [0, 0.05) is 11.8 Å². The maximum absolute atomic E-state index is 10.1. The Labute approximate surface area is 87.7 Å². The summed E-state index contributed by atoms with van der Waals surface area (Å²) in [4.78, 5) is 14.3. The molecule has 0 radical (unpaired) electrons. The number of carbonyl (C=O) groups excluding carboxylic acids is 1. The zero-order valence-corrected chi connectivity index (χ0v) is 9.59. The zero-order chi connectivity index (χ0) is 10.8. The van der Waals surface area contributed by atoms with Crippen molar-refractivity contribution < 1.29 is 9.53 Å². The van der Waals surface area contributed by atoms with Crippen molar-refractivity contribution in [2.24, 2.45) is 7.05 Å². The molecule has 1 heterocycles. The fourth-order valence-corrected chi connectivity index (χ4v) is 1.78. The predicted octanol–water partition coefficient (Wildman–Crippen LogP) is 1.85. The molecule has 1 rings (SSSR count). The number of carbonyl (C=O) groups is 1. The number of aryl methyl sites for hydroxylation is 1. The number of imidazole rings is 1. The van der Waals surface area contributed by atoms with Gasteiger partial charge >= 0.3 is 0 Å². The van der Waals surface area contributed by atoms with E-state index < -0.39 is 0 Å². The van der Waals surface area contributed by atoms with Crippen LogP contribution in [0.1, 0.15) is 20.8 Å². The highest BCUT2D eigenvalue weighted by Crippen LogP contribution is 2.31. The van der Waals surface area contributed by atoms with Crippen LogP contribution in [0.4, 0.5) is 0 Å². The Morgan fingerprint density at radius 1 is 1.57 bits per heavy atom. The van der Waals surface area contributed by atoms with Crippen LogP contribution in [0.25, 0.3) is 0 Å². The van der Waals surface area contributed by atoms with E-state index in [1.165, 1.54) is 0 Å². The molecule has 4 nitrogen and oxygen atoms in total. The summed E-state index contributed by atoms with van der Waals surface area (Å²) in [5, 5.41) is 0.842. The van der Waals surface area contributed by atoms with Gasteiger partial charge in [0.2, 0.25) is 5.88 Å². The normalized spacial score (nSPS) is 11.4. The van der Waals surface area contributed by atoms with Crippen molar-refractivity contribution in [2.75, 3.05) is 0 Å². The first kappa shape index (κ1) is 11.1. The van der Waals surface area contributed by atoms with Gasteiger partial charge in [-0.15, -0.1) is 0 Å². The van der Waals surface area contributed by atoms with Crippen molar-refractivity contribution in [3.8, 4) is 5.88 Å².